The molecule has 4 heterocycles. The average Bonchev–Trinajstić information content (AvgIpc) is 3.38. The molecule has 1 aliphatic carbocycles. The third kappa shape index (κ3) is 6.60. The van der Waals surface area contributed by atoms with E-state index in [9.17, 15) is 13.6 Å². The van der Waals surface area contributed by atoms with E-state index in [1.165, 1.54) is 30.5 Å². The number of nitrogens with zero attached hydrogens (tertiary/aromatic N) is 3. The van der Waals surface area contributed by atoms with Crippen molar-refractivity contribution in [1.82, 2.24) is 10.2 Å². The third-order valence-corrected chi connectivity index (χ3v) is 10.5. The van der Waals surface area contributed by atoms with Crippen LogP contribution in [-0.2, 0) is 0 Å². The number of fused-ring (bicyclic) bond motifs is 1. The van der Waals surface area contributed by atoms with Gasteiger partial charge in [-0.05, 0) is 105 Å². The van der Waals surface area contributed by atoms with Crippen molar-refractivity contribution in [3.63, 3.8) is 0 Å². The molecule has 238 valence electrons. The molecule has 2 aromatic carbocycles. The first-order chi connectivity index (χ1) is 22.3. The van der Waals surface area contributed by atoms with Crippen molar-refractivity contribution in [2.24, 2.45) is 15.9 Å². The maximum Gasteiger partial charge on any atom is 0.251 e. The molecule has 2 fully saturated rings. The molecule has 4 aliphatic rings. The largest absolute Gasteiger partial charge is 0.352 e. The Balaban J connectivity index is 1.18. The summed E-state index contributed by atoms with van der Waals surface area (Å²) >= 11 is 8.32. The lowest BCUT2D eigenvalue weighted by Gasteiger charge is -2.33. The quantitative estimate of drug-likeness (QED) is 0.224. The second kappa shape index (κ2) is 13.2. The van der Waals surface area contributed by atoms with Crippen LogP contribution in [0.4, 0.5) is 8.78 Å². The molecule has 0 bridgehead atoms. The van der Waals surface area contributed by atoms with Gasteiger partial charge in [0.25, 0.3) is 5.91 Å². The maximum atomic E-state index is 14.2. The molecule has 1 saturated carbocycles. The number of amidine groups is 1. The van der Waals surface area contributed by atoms with Gasteiger partial charge >= 0.3 is 0 Å². The number of hydrogen-bond acceptors (Lipinski definition) is 5. The highest BCUT2D eigenvalue weighted by molar-refractivity contribution is 7.12. The smallest absolute Gasteiger partial charge is 0.251 e. The summed E-state index contributed by atoms with van der Waals surface area (Å²) in [4.78, 5) is 26.7. The summed E-state index contributed by atoms with van der Waals surface area (Å²) in [6, 6.07) is 16.0. The first-order valence-corrected chi connectivity index (χ1v) is 17.5. The first kappa shape index (κ1) is 31.0. The van der Waals surface area contributed by atoms with Crippen LogP contribution in [0.2, 0.25) is 5.02 Å². The summed E-state index contributed by atoms with van der Waals surface area (Å²) in [5.74, 6) is 1.30. The number of alkyl halides is 1. The van der Waals surface area contributed by atoms with E-state index < -0.39 is 18.0 Å². The van der Waals surface area contributed by atoms with Gasteiger partial charge in [0.05, 0.1) is 22.8 Å². The van der Waals surface area contributed by atoms with Gasteiger partial charge in [0.2, 0.25) is 0 Å². The van der Waals surface area contributed by atoms with E-state index in [1.807, 2.05) is 41.8 Å². The van der Waals surface area contributed by atoms with E-state index in [1.54, 1.807) is 24.3 Å². The van der Waals surface area contributed by atoms with Crippen LogP contribution in [0.15, 0.2) is 93.4 Å². The number of carbonyl (C=O) groups is 1. The molecule has 46 heavy (non-hydrogen) atoms. The lowest BCUT2D eigenvalue weighted by atomic mass is 9.90. The summed E-state index contributed by atoms with van der Waals surface area (Å²) in [6.07, 6.45) is 8.23. The number of halogens is 3. The minimum atomic E-state index is -0.887. The Bertz CT molecular complexity index is 1740. The van der Waals surface area contributed by atoms with Gasteiger partial charge in [0.1, 0.15) is 17.7 Å². The fourth-order valence-electron chi connectivity index (χ4n) is 6.76. The van der Waals surface area contributed by atoms with Crippen LogP contribution in [-0.4, -0.2) is 47.7 Å². The molecule has 1 N–H and O–H groups in total. The number of hydrogen-bond donors (Lipinski definition) is 1. The normalized spacial score (nSPS) is 23.0. The topological polar surface area (TPSA) is 57.1 Å². The third-order valence-electron chi connectivity index (χ3n) is 9.29. The highest BCUT2D eigenvalue weighted by Gasteiger charge is 2.41. The van der Waals surface area contributed by atoms with E-state index in [0.717, 1.165) is 52.6 Å². The second-order valence-corrected chi connectivity index (χ2v) is 14.1. The number of benzene rings is 2. The van der Waals surface area contributed by atoms with Gasteiger partial charge < -0.3 is 10.2 Å². The van der Waals surface area contributed by atoms with Crippen molar-refractivity contribution in [3.05, 3.63) is 116 Å². The van der Waals surface area contributed by atoms with Crippen LogP contribution >= 0.6 is 22.9 Å². The van der Waals surface area contributed by atoms with Gasteiger partial charge in [-0.15, -0.1) is 11.3 Å². The average molecular weight is 659 g/mol. The van der Waals surface area contributed by atoms with Gasteiger partial charge in [-0.2, -0.15) is 0 Å². The van der Waals surface area contributed by atoms with Crippen molar-refractivity contribution in [1.29, 1.82) is 0 Å². The molecular formula is C37H37ClF2N4OS. The number of allylic oxidation sites excluding steroid dienone is 2. The molecule has 0 radical (unpaired) electrons. The number of carbonyl (C=O) groups excluding carboxylic acids is 1. The van der Waals surface area contributed by atoms with Crippen LogP contribution in [0.3, 0.4) is 0 Å². The van der Waals surface area contributed by atoms with Crippen LogP contribution in [0.25, 0.3) is 0 Å². The predicted octanol–water partition coefficient (Wildman–Crippen LogP) is 8.83. The van der Waals surface area contributed by atoms with Crippen molar-refractivity contribution < 1.29 is 13.6 Å². The molecule has 1 saturated heterocycles. The molecule has 5 nitrogen and oxygen atoms in total. The monoisotopic (exact) mass is 658 g/mol. The van der Waals surface area contributed by atoms with Gasteiger partial charge in [-0.25, -0.2) is 8.78 Å². The van der Waals surface area contributed by atoms with Gasteiger partial charge in [0.15, 0.2) is 0 Å². The van der Waals surface area contributed by atoms with Crippen LogP contribution in [0, 0.1) is 11.7 Å². The summed E-state index contributed by atoms with van der Waals surface area (Å²) < 4.78 is 27.9. The van der Waals surface area contributed by atoms with Gasteiger partial charge in [-0.1, -0.05) is 41.9 Å². The molecule has 3 unspecified atom stereocenters. The molecule has 3 aromatic rings. The summed E-state index contributed by atoms with van der Waals surface area (Å²) in [5.41, 5.74) is 5.60. The van der Waals surface area contributed by atoms with Crippen molar-refractivity contribution in [3.8, 4) is 0 Å². The fraction of sp³-hybridized carbons (Fsp3) is 0.378. The van der Waals surface area contributed by atoms with E-state index in [0.29, 0.717) is 35.9 Å². The van der Waals surface area contributed by atoms with Gasteiger partial charge in [0, 0.05) is 40.5 Å². The van der Waals surface area contributed by atoms with Crippen LogP contribution < -0.4 is 5.32 Å². The van der Waals surface area contributed by atoms with Crippen LogP contribution in [0.5, 0.6) is 0 Å². The summed E-state index contributed by atoms with van der Waals surface area (Å²) in [6.45, 7) is 2.90. The minimum Gasteiger partial charge on any atom is -0.352 e. The Morgan fingerprint density at radius 2 is 2.00 bits per heavy atom. The summed E-state index contributed by atoms with van der Waals surface area (Å²) in [5, 5.41) is 5.51. The molecule has 1 aromatic heterocycles. The van der Waals surface area contributed by atoms with Crippen molar-refractivity contribution in [2.75, 3.05) is 13.1 Å². The Labute approximate surface area is 277 Å². The number of rotatable bonds is 11. The molecule has 1 amide bonds. The molecule has 7 rings (SSSR count). The van der Waals surface area contributed by atoms with E-state index >= 15 is 0 Å². The lowest BCUT2D eigenvalue weighted by Crippen LogP contribution is -2.34. The highest BCUT2D eigenvalue weighted by Crippen LogP contribution is 2.45. The zero-order valence-electron chi connectivity index (χ0n) is 25.8. The standard InChI is InChI=1S/C37H37ClF2N4OS/c1-22(39)7-11-28-12-14-31(42-28)34-32-18-23(15-16-41-37(45)26-5-2-4-25(19-26)24-8-9-24)21-44(32)36(33-6-3-17-46-33)43-35(34)29-13-10-27(40)20-30(29)38/h2-6,10,12-14,17,19-20,22-24,28,35H,7-9,11,15-16,18,21H2,1H3,(H,41,45)/t22?,23?,28?,35-/m0/s1. The highest BCUT2D eigenvalue weighted by atomic mass is 35.5. The number of amides is 1. The number of nitrogens with one attached hydrogen (secondary N) is 1. The Hall–Kier alpha value is -3.62. The molecular weight excluding hydrogens is 622 g/mol. The molecule has 0 spiro atoms. The van der Waals surface area contributed by atoms with Crippen molar-refractivity contribution in [2.45, 2.75) is 69.6 Å². The zero-order valence-corrected chi connectivity index (χ0v) is 27.3. The van der Waals surface area contributed by atoms with E-state index in [2.05, 4.69) is 22.3 Å². The molecule has 9 heteroatoms. The molecule has 4 atom stereocenters. The second-order valence-electron chi connectivity index (χ2n) is 12.8. The zero-order chi connectivity index (χ0) is 31.8. The number of aliphatic imine (C=N–C) groups is 2. The maximum absolute atomic E-state index is 14.2. The fourth-order valence-corrected chi connectivity index (χ4v) is 7.76. The molecule has 3 aliphatic heterocycles. The SMILES string of the molecule is CC(F)CCC1C=CC(C2=C3CC(CCNC(=O)c4cccc(C5CC5)c4)CN3C(c3cccs3)=N[C@H]2c2ccc(F)cc2Cl)=N1. The van der Waals surface area contributed by atoms with Gasteiger partial charge in [-0.3, -0.25) is 14.8 Å². The Kier molecular flexibility index (Phi) is 8.93. The minimum absolute atomic E-state index is 0.0379. The van der Waals surface area contributed by atoms with Crippen molar-refractivity contribution >= 4 is 40.4 Å². The predicted molar refractivity (Wildman–Crippen MR) is 182 cm³/mol. The Morgan fingerprint density at radius 3 is 2.76 bits per heavy atom. The lowest BCUT2D eigenvalue weighted by molar-refractivity contribution is 0.0951. The Morgan fingerprint density at radius 1 is 1.13 bits per heavy atom. The first-order valence-electron chi connectivity index (χ1n) is 16.2. The summed E-state index contributed by atoms with van der Waals surface area (Å²) in [7, 11) is 0. The van der Waals surface area contributed by atoms with Crippen LogP contribution in [0.1, 0.15) is 83.8 Å². The van der Waals surface area contributed by atoms with E-state index in [-0.39, 0.29) is 17.9 Å². The number of thiophene rings is 1. The van der Waals surface area contributed by atoms with E-state index in [4.69, 9.17) is 21.6 Å².